The maximum atomic E-state index is 12.6. The summed E-state index contributed by atoms with van der Waals surface area (Å²) >= 11 is 0. The fraction of sp³-hybridized carbons (Fsp3) is 0.280. The number of ether oxygens (including phenoxy) is 1. The quantitative estimate of drug-likeness (QED) is 0.655. The molecule has 0 bridgehead atoms. The third kappa shape index (κ3) is 4.29. The van der Waals surface area contributed by atoms with E-state index >= 15 is 0 Å². The molecule has 167 valence electrons. The van der Waals surface area contributed by atoms with Crippen LogP contribution in [0.3, 0.4) is 0 Å². The molecule has 1 aromatic carbocycles. The van der Waals surface area contributed by atoms with Crippen LogP contribution in [0.15, 0.2) is 49.2 Å². The van der Waals surface area contributed by atoms with E-state index in [-0.39, 0.29) is 11.5 Å². The molecule has 8 heteroatoms. The van der Waals surface area contributed by atoms with E-state index in [0.29, 0.717) is 23.7 Å². The Hall–Kier alpha value is -3.78. The molecule has 2 aromatic heterocycles. The van der Waals surface area contributed by atoms with Crippen LogP contribution in [-0.2, 0) is 4.74 Å². The molecular weight excluding hydrogens is 416 g/mol. The first kappa shape index (κ1) is 21.1. The van der Waals surface area contributed by atoms with E-state index in [2.05, 4.69) is 58.4 Å². The van der Waals surface area contributed by atoms with E-state index in [9.17, 15) is 4.79 Å². The second kappa shape index (κ2) is 8.29. The van der Waals surface area contributed by atoms with Crippen molar-refractivity contribution < 1.29 is 9.53 Å². The van der Waals surface area contributed by atoms with E-state index in [1.54, 1.807) is 12.4 Å². The molecule has 1 N–H and O–H groups in total. The molecule has 1 fully saturated rings. The molecular formula is C25H25N6O2. The fourth-order valence-electron chi connectivity index (χ4n) is 4.29. The molecule has 0 atom stereocenters. The minimum atomic E-state index is -0.317. The molecule has 3 aromatic rings. The van der Waals surface area contributed by atoms with Crippen LogP contribution in [0.4, 0.5) is 17.2 Å². The summed E-state index contributed by atoms with van der Waals surface area (Å²) < 4.78 is 5.85. The summed E-state index contributed by atoms with van der Waals surface area (Å²) in [6.45, 7) is 8.71. The molecule has 1 saturated heterocycles. The van der Waals surface area contributed by atoms with Crippen molar-refractivity contribution in [1.82, 2.24) is 20.3 Å². The first-order valence-corrected chi connectivity index (χ1v) is 10.9. The Labute approximate surface area is 192 Å². The number of carbonyl (C=O) groups excluding carboxylic acids is 1. The van der Waals surface area contributed by atoms with Gasteiger partial charge < -0.3 is 15.0 Å². The van der Waals surface area contributed by atoms with Gasteiger partial charge in [-0.15, -0.1) is 0 Å². The number of hydrogen-bond acceptors (Lipinski definition) is 7. The third-order valence-corrected chi connectivity index (χ3v) is 5.79. The zero-order chi connectivity index (χ0) is 23.0. The van der Waals surface area contributed by atoms with E-state index in [1.807, 2.05) is 18.2 Å². The normalized spacial score (nSPS) is 16.8. The summed E-state index contributed by atoms with van der Waals surface area (Å²) in [7, 11) is 0. The van der Waals surface area contributed by atoms with E-state index < -0.39 is 0 Å². The van der Waals surface area contributed by atoms with Gasteiger partial charge in [0.05, 0.1) is 23.5 Å². The van der Waals surface area contributed by atoms with Crippen LogP contribution in [0.2, 0.25) is 0 Å². The van der Waals surface area contributed by atoms with Crippen LogP contribution in [0.5, 0.6) is 0 Å². The lowest BCUT2D eigenvalue weighted by atomic mass is 10.0. The average Bonchev–Trinajstić information content (AvgIpc) is 2.79. The Morgan fingerprint density at radius 2 is 1.97 bits per heavy atom. The van der Waals surface area contributed by atoms with Crippen molar-refractivity contribution in [3.63, 3.8) is 0 Å². The number of pyridine rings is 1. The number of hydrogen-bond donors (Lipinski definition) is 1. The van der Waals surface area contributed by atoms with Crippen molar-refractivity contribution in [3.8, 4) is 11.3 Å². The number of carbonyl (C=O) groups is 1. The number of anilines is 3. The van der Waals surface area contributed by atoms with Crippen LogP contribution in [0.25, 0.3) is 17.3 Å². The van der Waals surface area contributed by atoms with Gasteiger partial charge in [0.25, 0.3) is 5.91 Å². The molecule has 4 heterocycles. The molecule has 1 radical (unpaired) electrons. The van der Waals surface area contributed by atoms with Crippen LogP contribution in [0, 0.1) is 6.92 Å². The van der Waals surface area contributed by atoms with Crippen molar-refractivity contribution in [1.29, 1.82) is 0 Å². The summed E-state index contributed by atoms with van der Waals surface area (Å²) in [6.07, 6.45) is 8.21. The van der Waals surface area contributed by atoms with Gasteiger partial charge in [0, 0.05) is 48.6 Å². The highest BCUT2D eigenvalue weighted by Crippen LogP contribution is 2.32. The van der Waals surface area contributed by atoms with Gasteiger partial charge in [-0.1, -0.05) is 0 Å². The highest BCUT2D eigenvalue weighted by molar-refractivity contribution is 6.05. The Bertz CT molecular complexity index is 1240. The number of aryl methyl sites for hydroxylation is 1. The molecule has 0 aliphatic carbocycles. The molecule has 8 nitrogen and oxygen atoms in total. The lowest BCUT2D eigenvalue weighted by Gasteiger charge is -2.40. The lowest BCUT2D eigenvalue weighted by Crippen LogP contribution is -2.48. The predicted molar refractivity (Wildman–Crippen MR) is 127 cm³/mol. The highest BCUT2D eigenvalue weighted by atomic mass is 16.5. The summed E-state index contributed by atoms with van der Waals surface area (Å²) in [5, 5.41) is 7.29. The van der Waals surface area contributed by atoms with Crippen LogP contribution in [0.1, 0.15) is 35.3 Å². The number of fused-ring (bicyclic) bond motifs is 1. The second-order valence-corrected chi connectivity index (χ2v) is 8.85. The summed E-state index contributed by atoms with van der Waals surface area (Å²) in [5.41, 5.74) is 5.65. The Morgan fingerprint density at radius 1 is 1.15 bits per heavy atom. The molecule has 1 amide bonds. The van der Waals surface area contributed by atoms with Crippen molar-refractivity contribution in [3.05, 3.63) is 65.9 Å². The van der Waals surface area contributed by atoms with E-state index in [1.165, 1.54) is 18.2 Å². The zero-order valence-electron chi connectivity index (χ0n) is 18.9. The maximum absolute atomic E-state index is 12.6. The SMILES string of the molecule is Cc1cc(Nc2nc(-c3cncnc3)cc3c2C(=O)[N]C=C3)ccc1N1CCOC(C)(C)C1. The second-order valence-electron chi connectivity index (χ2n) is 8.85. The number of aromatic nitrogens is 3. The fourth-order valence-corrected chi connectivity index (χ4v) is 4.29. The van der Waals surface area contributed by atoms with Gasteiger partial charge in [0.2, 0.25) is 0 Å². The number of nitrogens with one attached hydrogen (secondary N) is 1. The van der Waals surface area contributed by atoms with Gasteiger partial charge in [-0.3, -0.25) is 4.79 Å². The highest BCUT2D eigenvalue weighted by Gasteiger charge is 2.28. The number of benzene rings is 1. The lowest BCUT2D eigenvalue weighted by molar-refractivity contribution is -0.0277. The van der Waals surface area contributed by atoms with E-state index in [0.717, 1.165) is 35.5 Å². The first-order chi connectivity index (χ1) is 15.9. The average molecular weight is 442 g/mol. The smallest absolute Gasteiger partial charge is 0.281 e. The van der Waals surface area contributed by atoms with Gasteiger partial charge >= 0.3 is 0 Å². The molecule has 0 unspecified atom stereocenters. The minimum Gasteiger partial charge on any atom is -0.372 e. The first-order valence-electron chi connectivity index (χ1n) is 10.9. The van der Waals surface area contributed by atoms with Crippen molar-refractivity contribution in [2.24, 2.45) is 0 Å². The third-order valence-electron chi connectivity index (χ3n) is 5.79. The van der Waals surface area contributed by atoms with Crippen molar-refractivity contribution in [2.45, 2.75) is 26.4 Å². The monoisotopic (exact) mass is 441 g/mol. The largest absolute Gasteiger partial charge is 0.372 e. The number of amides is 1. The minimum absolute atomic E-state index is 0.177. The van der Waals surface area contributed by atoms with Crippen LogP contribution in [-0.4, -0.2) is 46.2 Å². The Balaban J connectivity index is 1.49. The predicted octanol–water partition coefficient (Wildman–Crippen LogP) is 3.93. The summed E-state index contributed by atoms with van der Waals surface area (Å²) in [4.78, 5) is 27.9. The van der Waals surface area contributed by atoms with Gasteiger partial charge in [0.15, 0.2) is 0 Å². The molecule has 2 aliphatic heterocycles. The summed E-state index contributed by atoms with van der Waals surface area (Å²) in [5.74, 6) is 0.145. The van der Waals surface area contributed by atoms with Crippen molar-refractivity contribution in [2.75, 3.05) is 29.9 Å². The number of rotatable bonds is 4. The van der Waals surface area contributed by atoms with Crippen molar-refractivity contribution >= 4 is 29.2 Å². The molecule has 0 saturated carbocycles. The number of nitrogens with zero attached hydrogens (tertiary/aromatic N) is 5. The zero-order valence-corrected chi connectivity index (χ0v) is 18.9. The van der Waals surface area contributed by atoms with E-state index in [4.69, 9.17) is 9.72 Å². The molecule has 33 heavy (non-hydrogen) atoms. The Morgan fingerprint density at radius 3 is 2.73 bits per heavy atom. The van der Waals surface area contributed by atoms with Gasteiger partial charge in [-0.25, -0.2) is 20.3 Å². The van der Waals surface area contributed by atoms with Gasteiger partial charge in [0.1, 0.15) is 12.1 Å². The van der Waals surface area contributed by atoms with Crippen LogP contribution < -0.4 is 15.5 Å². The topological polar surface area (TPSA) is 94.3 Å². The van der Waals surface area contributed by atoms with Crippen LogP contribution >= 0.6 is 0 Å². The molecule has 2 aliphatic rings. The Kier molecular flexibility index (Phi) is 5.30. The number of morpholine rings is 1. The molecule has 5 rings (SSSR count). The van der Waals surface area contributed by atoms with Gasteiger partial charge in [-0.05, 0) is 62.2 Å². The molecule has 0 spiro atoms. The summed E-state index contributed by atoms with van der Waals surface area (Å²) in [6, 6.07) is 8.05. The van der Waals surface area contributed by atoms with Gasteiger partial charge in [-0.2, -0.15) is 0 Å². The standard InChI is InChI=1S/C25H25N6O2/c1-16-10-19(4-5-21(16)31-8-9-33-25(2,3)14-31)29-23-22-17(6-7-28-24(22)32)11-20(30-23)18-12-26-15-27-13-18/h4-7,10-13,15H,8-9,14H2,1-3H3,(H,29,30). The maximum Gasteiger partial charge on any atom is 0.281 e.